The predicted molar refractivity (Wildman–Crippen MR) is 99.3 cm³/mol. The fourth-order valence-electron chi connectivity index (χ4n) is 2.40. The maximum Gasteiger partial charge on any atom is 0.344 e. The van der Waals surface area contributed by atoms with Crippen molar-refractivity contribution in [3.05, 3.63) is 52.0 Å². The van der Waals surface area contributed by atoms with E-state index in [0.717, 1.165) is 11.3 Å². The van der Waals surface area contributed by atoms with Gasteiger partial charge in [0.05, 0.1) is 21.9 Å². The number of carbonyl (C=O) groups excluding carboxylic acids is 1. The van der Waals surface area contributed by atoms with E-state index in [-0.39, 0.29) is 34.6 Å². The Hall–Kier alpha value is -1.89. The van der Waals surface area contributed by atoms with Crippen LogP contribution < -0.4 is 4.74 Å². The number of halogens is 4. The summed E-state index contributed by atoms with van der Waals surface area (Å²) in [5.41, 5.74) is -0.130. The van der Waals surface area contributed by atoms with Gasteiger partial charge in [-0.1, -0.05) is 29.3 Å². The van der Waals surface area contributed by atoms with Crippen LogP contribution in [0.25, 0.3) is 20.5 Å². The van der Waals surface area contributed by atoms with Gasteiger partial charge in [-0.3, -0.25) is 0 Å². The Bertz CT molecular complexity index is 968. The first kappa shape index (κ1) is 18.9. The normalized spacial score (nSPS) is 11.0. The summed E-state index contributed by atoms with van der Waals surface area (Å²) >= 11 is 13.6. The summed E-state index contributed by atoms with van der Waals surface area (Å²) in [7, 11) is 0. The van der Waals surface area contributed by atoms with Gasteiger partial charge >= 0.3 is 5.97 Å². The van der Waals surface area contributed by atoms with E-state index in [0.29, 0.717) is 15.0 Å². The molecule has 0 saturated heterocycles. The maximum atomic E-state index is 14.0. The minimum Gasteiger partial charge on any atom is -0.480 e. The lowest BCUT2D eigenvalue weighted by Crippen LogP contribution is -2.14. The van der Waals surface area contributed by atoms with Crippen LogP contribution in [0.5, 0.6) is 5.75 Å². The Balaban J connectivity index is 2.02. The molecule has 0 atom stereocenters. The van der Waals surface area contributed by atoms with Crippen LogP contribution in [0, 0.1) is 11.6 Å². The second-order valence-electron chi connectivity index (χ2n) is 5.22. The number of carbonyl (C=O) groups is 1. The summed E-state index contributed by atoms with van der Waals surface area (Å²) in [5, 5.41) is 0.905. The van der Waals surface area contributed by atoms with Crippen molar-refractivity contribution in [1.82, 2.24) is 0 Å². The lowest BCUT2D eigenvalue weighted by atomic mass is 10.1. The van der Waals surface area contributed by atoms with Gasteiger partial charge in [-0.15, -0.1) is 11.3 Å². The van der Waals surface area contributed by atoms with E-state index < -0.39 is 17.6 Å². The lowest BCUT2D eigenvalue weighted by molar-refractivity contribution is -0.145. The smallest absolute Gasteiger partial charge is 0.344 e. The number of hydrogen-bond donors (Lipinski definition) is 0. The minimum atomic E-state index is -0.669. The molecule has 2 aromatic carbocycles. The summed E-state index contributed by atoms with van der Waals surface area (Å²) < 4.78 is 38.8. The SMILES string of the molecule is CCOC(=O)COc1cc2cc(-c3c(F)cccc3F)sc2c(Cl)c1Cl. The third-order valence-electron chi connectivity index (χ3n) is 3.52. The van der Waals surface area contributed by atoms with Crippen LogP contribution in [0.2, 0.25) is 10.0 Å². The highest BCUT2D eigenvalue weighted by Crippen LogP contribution is 2.45. The van der Waals surface area contributed by atoms with Gasteiger partial charge in [0.25, 0.3) is 0 Å². The molecule has 1 aromatic heterocycles. The quantitative estimate of drug-likeness (QED) is 0.471. The Morgan fingerprint density at radius 1 is 1.15 bits per heavy atom. The Morgan fingerprint density at radius 3 is 2.50 bits per heavy atom. The third kappa shape index (κ3) is 3.63. The standard InChI is InChI=1S/C18H12Cl2F2O3S/c1-2-24-14(23)8-25-12-6-9-7-13(26-18(9)17(20)16(12)19)15-10(21)4-3-5-11(15)22/h3-7H,2,8H2,1H3. The van der Waals surface area contributed by atoms with Crippen LogP contribution in [0.3, 0.4) is 0 Å². The predicted octanol–water partition coefficient (Wildman–Crippen LogP) is 6.10. The monoisotopic (exact) mass is 416 g/mol. The summed E-state index contributed by atoms with van der Waals surface area (Å²) in [4.78, 5) is 11.8. The molecule has 0 amide bonds. The molecule has 3 nitrogen and oxygen atoms in total. The van der Waals surface area contributed by atoms with Crippen LogP contribution >= 0.6 is 34.5 Å². The summed E-state index contributed by atoms with van der Waals surface area (Å²) in [6, 6.07) is 6.84. The second kappa shape index (κ2) is 7.78. The van der Waals surface area contributed by atoms with Gasteiger partial charge in [-0.25, -0.2) is 13.6 Å². The summed E-state index contributed by atoms with van der Waals surface area (Å²) in [5.74, 6) is -1.69. The molecule has 3 rings (SSSR count). The van der Waals surface area contributed by atoms with Crippen LogP contribution in [-0.4, -0.2) is 19.2 Å². The average Bonchev–Trinajstić information content (AvgIpc) is 3.01. The molecule has 8 heteroatoms. The van der Waals surface area contributed by atoms with Gasteiger partial charge in [0, 0.05) is 4.88 Å². The minimum absolute atomic E-state index is 0.117. The zero-order valence-electron chi connectivity index (χ0n) is 13.4. The van der Waals surface area contributed by atoms with E-state index in [1.807, 2.05) is 0 Å². The summed E-state index contributed by atoms with van der Waals surface area (Å²) in [6.45, 7) is 1.59. The van der Waals surface area contributed by atoms with E-state index >= 15 is 0 Å². The second-order valence-corrected chi connectivity index (χ2v) is 7.03. The highest BCUT2D eigenvalue weighted by atomic mass is 35.5. The van der Waals surface area contributed by atoms with Crippen molar-refractivity contribution in [2.24, 2.45) is 0 Å². The Morgan fingerprint density at radius 2 is 1.85 bits per heavy atom. The molecular formula is C18H12Cl2F2O3S. The molecular weight excluding hydrogens is 405 g/mol. The fourth-order valence-corrected chi connectivity index (χ4v) is 4.10. The van der Waals surface area contributed by atoms with Crippen molar-refractivity contribution in [3.8, 4) is 16.2 Å². The molecule has 136 valence electrons. The van der Waals surface area contributed by atoms with Gasteiger partial charge in [0.2, 0.25) is 0 Å². The molecule has 0 spiro atoms. The highest BCUT2D eigenvalue weighted by molar-refractivity contribution is 7.23. The lowest BCUT2D eigenvalue weighted by Gasteiger charge is -2.09. The van der Waals surface area contributed by atoms with Crippen LogP contribution in [-0.2, 0) is 9.53 Å². The van der Waals surface area contributed by atoms with E-state index in [1.54, 1.807) is 19.1 Å². The number of rotatable bonds is 5. The Kier molecular flexibility index (Phi) is 5.65. The van der Waals surface area contributed by atoms with Crippen molar-refractivity contribution in [1.29, 1.82) is 0 Å². The molecule has 0 unspecified atom stereocenters. The number of esters is 1. The van der Waals surface area contributed by atoms with Crippen molar-refractivity contribution in [2.75, 3.05) is 13.2 Å². The van der Waals surface area contributed by atoms with Crippen LogP contribution in [0.15, 0.2) is 30.3 Å². The van der Waals surface area contributed by atoms with Gasteiger partial charge in [-0.2, -0.15) is 0 Å². The van der Waals surface area contributed by atoms with Crippen molar-refractivity contribution >= 4 is 50.6 Å². The first-order valence-electron chi connectivity index (χ1n) is 7.56. The number of hydrogen-bond acceptors (Lipinski definition) is 4. The first-order chi connectivity index (χ1) is 12.4. The first-order valence-corrected chi connectivity index (χ1v) is 9.14. The number of ether oxygens (including phenoxy) is 2. The van der Waals surface area contributed by atoms with Gasteiger partial charge in [-0.05, 0) is 36.6 Å². The van der Waals surface area contributed by atoms with Gasteiger partial charge in [0.1, 0.15) is 22.4 Å². The molecule has 0 N–H and O–H groups in total. The number of benzene rings is 2. The topological polar surface area (TPSA) is 35.5 Å². The average molecular weight is 417 g/mol. The largest absolute Gasteiger partial charge is 0.480 e. The highest BCUT2D eigenvalue weighted by Gasteiger charge is 2.19. The number of thiophene rings is 1. The zero-order chi connectivity index (χ0) is 18.8. The molecule has 0 radical (unpaired) electrons. The number of fused-ring (bicyclic) bond motifs is 1. The van der Waals surface area contributed by atoms with E-state index in [1.165, 1.54) is 18.2 Å². The zero-order valence-corrected chi connectivity index (χ0v) is 15.8. The van der Waals surface area contributed by atoms with E-state index in [9.17, 15) is 13.6 Å². The molecule has 0 aliphatic heterocycles. The molecule has 0 aliphatic carbocycles. The van der Waals surface area contributed by atoms with Gasteiger partial charge in [0.15, 0.2) is 6.61 Å². The Labute approximate surface area is 162 Å². The van der Waals surface area contributed by atoms with Crippen LogP contribution in [0.4, 0.5) is 8.78 Å². The van der Waals surface area contributed by atoms with Crippen molar-refractivity contribution in [3.63, 3.8) is 0 Å². The molecule has 0 saturated carbocycles. The molecule has 3 aromatic rings. The molecule has 26 heavy (non-hydrogen) atoms. The van der Waals surface area contributed by atoms with E-state index in [2.05, 4.69) is 0 Å². The molecule has 0 fully saturated rings. The van der Waals surface area contributed by atoms with Gasteiger partial charge < -0.3 is 9.47 Å². The maximum absolute atomic E-state index is 14.0. The fraction of sp³-hybridized carbons (Fsp3) is 0.167. The third-order valence-corrected chi connectivity index (χ3v) is 5.66. The molecule has 0 aliphatic rings. The van der Waals surface area contributed by atoms with Crippen molar-refractivity contribution in [2.45, 2.75) is 6.92 Å². The van der Waals surface area contributed by atoms with E-state index in [4.69, 9.17) is 32.7 Å². The van der Waals surface area contributed by atoms with Crippen LogP contribution in [0.1, 0.15) is 6.92 Å². The molecule has 1 heterocycles. The molecule has 0 bridgehead atoms. The van der Waals surface area contributed by atoms with Crippen molar-refractivity contribution < 1.29 is 23.0 Å². The summed E-state index contributed by atoms with van der Waals surface area (Å²) in [6.07, 6.45) is 0.